The molecule has 0 spiro atoms. The van der Waals surface area contributed by atoms with Crippen molar-refractivity contribution in [3.63, 3.8) is 0 Å². The third-order valence-corrected chi connectivity index (χ3v) is 1.75. The summed E-state index contributed by atoms with van der Waals surface area (Å²) in [5, 5.41) is 0. The lowest BCUT2D eigenvalue weighted by molar-refractivity contribution is 1.23. The van der Waals surface area contributed by atoms with E-state index < -0.39 is 0 Å². The summed E-state index contributed by atoms with van der Waals surface area (Å²) in [6, 6.07) is 8.24. The highest BCUT2D eigenvalue weighted by molar-refractivity contribution is 5.64. The van der Waals surface area contributed by atoms with Gasteiger partial charge in [-0.2, -0.15) is 0 Å². The number of hydrogen-bond donors (Lipinski definition) is 0. The third kappa shape index (κ3) is 2.09. The maximum Gasteiger partial charge on any atom is -0.0187 e. The van der Waals surface area contributed by atoms with Gasteiger partial charge in [0, 0.05) is 0 Å². The summed E-state index contributed by atoms with van der Waals surface area (Å²) >= 11 is 0. The Kier molecular flexibility index (Phi) is 3.34. The standard InChI is InChI=1S/C12H14/c1-3-5-8-12-10-7-6-9-11(12)4-2/h4-10H,2-3H2,1H3/b8-5+. The first-order valence-electron chi connectivity index (χ1n) is 4.26. The maximum atomic E-state index is 3.77. The summed E-state index contributed by atoms with van der Waals surface area (Å²) in [7, 11) is 0. The molecule has 0 heterocycles. The minimum atomic E-state index is 1.07. The first kappa shape index (κ1) is 8.79. The van der Waals surface area contributed by atoms with Gasteiger partial charge in [-0.25, -0.2) is 0 Å². The van der Waals surface area contributed by atoms with Gasteiger partial charge in [-0.15, -0.1) is 0 Å². The highest BCUT2D eigenvalue weighted by atomic mass is 14.0. The van der Waals surface area contributed by atoms with Crippen LogP contribution in [0, 0.1) is 0 Å². The molecule has 1 aromatic carbocycles. The Balaban J connectivity index is 2.96. The first-order chi connectivity index (χ1) is 5.88. The fourth-order valence-corrected chi connectivity index (χ4v) is 1.09. The second-order valence-corrected chi connectivity index (χ2v) is 2.64. The largest absolute Gasteiger partial charge is 0.0984 e. The first-order valence-corrected chi connectivity index (χ1v) is 4.26. The molecule has 0 atom stereocenters. The van der Waals surface area contributed by atoms with Crippen molar-refractivity contribution in [2.45, 2.75) is 13.3 Å². The highest BCUT2D eigenvalue weighted by Crippen LogP contribution is 2.11. The smallest absolute Gasteiger partial charge is 0.0187 e. The molecule has 1 aromatic rings. The molecular weight excluding hydrogens is 144 g/mol. The Morgan fingerprint density at radius 1 is 1.25 bits per heavy atom. The van der Waals surface area contributed by atoms with Gasteiger partial charge in [0.15, 0.2) is 0 Å². The molecule has 0 radical (unpaired) electrons. The lowest BCUT2D eigenvalue weighted by Gasteiger charge is -1.98. The van der Waals surface area contributed by atoms with Gasteiger partial charge in [0.1, 0.15) is 0 Å². The highest BCUT2D eigenvalue weighted by Gasteiger charge is 1.90. The molecule has 0 aliphatic heterocycles. The summed E-state index contributed by atoms with van der Waals surface area (Å²) in [6.45, 7) is 5.90. The van der Waals surface area contributed by atoms with Crippen LogP contribution in [-0.2, 0) is 0 Å². The van der Waals surface area contributed by atoms with Crippen LogP contribution in [0.15, 0.2) is 36.9 Å². The predicted octanol–water partition coefficient (Wildman–Crippen LogP) is 3.75. The van der Waals surface area contributed by atoms with E-state index in [1.165, 1.54) is 11.1 Å². The fraction of sp³-hybridized carbons (Fsp3) is 0.167. The van der Waals surface area contributed by atoms with Crippen LogP contribution in [0.25, 0.3) is 12.2 Å². The zero-order valence-corrected chi connectivity index (χ0v) is 7.46. The molecule has 62 valence electrons. The molecule has 0 heteroatoms. The molecule has 0 N–H and O–H groups in total. The second kappa shape index (κ2) is 4.55. The average Bonchev–Trinajstić information content (AvgIpc) is 2.15. The van der Waals surface area contributed by atoms with E-state index in [1.54, 1.807) is 0 Å². The van der Waals surface area contributed by atoms with Gasteiger partial charge in [0.2, 0.25) is 0 Å². The SMILES string of the molecule is C=Cc1ccccc1/C=C/CC. The summed E-state index contributed by atoms with van der Waals surface area (Å²) in [4.78, 5) is 0. The van der Waals surface area contributed by atoms with Crippen molar-refractivity contribution >= 4 is 12.2 Å². The van der Waals surface area contributed by atoms with Crippen LogP contribution in [0.1, 0.15) is 24.5 Å². The van der Waals surface area contributed by atoms with Gasteiger partial charge in [-0.05, 0) is 17.5 Å². The molecular formula is C12H14. The lowest BCUT2D eigenvalue weighted by atomic mass is 10.1. The number of allylic oxidation sites excluding steroid dienone is 1. The molecule has 0 amide bonds. The van der Waals surface area contributed by atoms with Crippen molar-refractivity contribution in [2.24, 2.45) is 0 Å². The second-order valence-electron chi connectivity index (χ2n) is 2.64. The zero-order valence-electron chi connectivity index (χ0n) is 7.46. The molecule has 0 aliphatic carbocycles. The Bertz CT molecular complexity index is 282. The molecule has 0 unspecified atom stereocenters. The van der Waals surface area contributed by atoms with Gasteiger partial charge in [-0.1, -0.05) is 56.0 Å². The van der Waals surface area contributed by atoms with Crippen LogP contribution >= 0.6 is 0 Å². The van der Waals surface area contributed by atoms with Crippen molar-refractivity contribution in [2.75, 3.05) is 0 Å². The zero-order chi connectivity index (χ0) is 8.81. The van der Waals surface area contributed by atoms with E-state index >= 15 is 0 Å². The molecule has 0 saturated carbocycles. The van der Waals surface area contributed by atoms with Crippen LogP contribution in [0.3, 0.4) is 0 Å². The summed E-state index contributed by atoms with van der Waals surface area (Å²) in [5.41, 5.74) is 2.44. The monoisotopic (exact) mass is 158 g/mol. The minimum Gasteiger partial charge on any atom is -0.0984 e. The lowest BCUT2D eigenvalue weighted by Crippen LogP contribution is -1.77. The van der Waals surface area contributed by atoms with E-state index in [2.05, 4.69) is 37.8 Å². The van der Waals surface area contributed by atoms with Crippen LogP contribution in [0.2, 0.25) is 0 Å². The number of benzene rings is 1. The quantitative estimate of drug-likeness (QED) is 0.628. The van der Waals surface area contributed by atoms with E-state index in [-0.39, 0.29) is 0 Å². The maximum absolute atomic E-state index is 3.77. The van der Waals surface area contributed by atoms with Gasteiger partial charge in [-0.3, -0.25) is 0 Å². The molecule has 1 rings (SSSR count). The Morgan fingerprint density at radius 3 is 2.50 bits per heavy atom. The Morgan fingerprint density at radius 2 is 1.92 bits per heavy atom. The molecule has 0 aliphatic rings. The summed E-state index contributed by atoms with van der Waals surface area (Å²) in [6.07, 6.45) is 7.25. The molecule has 0 saturated heterocycles. The van der Waals surface area contributed by atoms with Gasteiger partial charge < -0.3 is 0 Å². The fourth-order valence-electron chi connectivity index (χ4n) is 1.09. The normalized spacial score (nSPS) is 10.4. The Labute approximate surface area is 74.2 Å². The van der Waals surface area contributed by atoms with Crippen molar-refractivity contribution < 1.29 is 0 Å². The molecule has 0 aromatic heterocycles. The Hall–Kier alpha value is -1.30. The summed E-state index contributed by atoms with van der Waals surface area (Å²) < 4.78 is 0. The van der Waals surface area contributed by atoms with Crippen molar-refractivity contribution in [1.29, 1.82) is 0 Å². The van der Waals surface area contributed by atoms with Crippen molar-refractivity contribution in [1.82, 2.24) is 0 Å². The van der Waals surface area contributed by atoms with E-state index in [9.17, 15) is 0 Å². The van der Waals surface area contributed by atoms with E-state index in [4.69, 9.17) is 0 Å². The van der Waals surface area contributed by atoms with Crippen LogP contribution in [0.5, 0.6) is 0 Å². The minimum absolute atomic E-state index is 1.07. The van der Waals surface area contributed by atoms with Gasteiger partial charge >= 0.3 is 0 Å². The molecule has 0 bridgehead atoms. The van der Waals surface area contributed by atoms with Crippen LogP contribution < -0.4 is 0 Å². The van der Waals surface area contributed by atoms with Crippen molar-refractivity contribution in [3.8, 4) is 0 Å². The predicted molar refractivity (Wildman–Crippen MR) is 55.9 cm³/mol. The van der Waals surface area contributed by atoms with E-state index in [1.807, 2.05) is 18.2 Å². The number of hydrogen-bond acceptors (Lipinski definition) is 0. The average molecular weight is 158 g/mol. The third-order valence-electron chi connectivity index (χ3n) is 1.75. The molecule has 12 heavy (non-hydrogen) atoms. The van der Waals surface area contributed by atoms with Crippen LogP contribution in [-0.4, -0.2) is 0 Å². The van der Waals surface area contributed by atoms with Gasteiger partial charge in [0.25, 0.3) is 0 Å². The molecule has 0 fully saturated rings. The van der Waals surface area contributed by atoms with E-state index in [0.717, 1.165) is 6.42 Å². The van der Waals surface area contributed by atoms with Crippen LogP contribution in [0.4, 0.5) is 0 Å². The molecule has 0 nitrogen and oxygen atoms in total. The topological polar surface area (TPSA) is 0 Å². The summed E-state index contributed by atoms with van der Waals surface area (Å²) in [5.74, 6) is 0. The van der Waals surface area contributed by atoms with Crippen molar-refractivity contribution in [3.05, 3.63) is 48.0 Å². The number of rotatable bonds is 3. The van der Waals surface area contributed by atoms with Gasteiger partial charge in [0.05, 0.1) is 0 Å². The van der Waals surface area contributed by atoms with E-state index in [0.29, 0.717) is 0 Å².